The van der Waals surface area contributed by atoms with E-state index in [0.717, 1.165) is 18.8 Å². The van der Waals surface area contributed by atoms with E-state index in [1.165, 1.54) is 30.6 Å². The minimum atomic E-state index is -0.0873. The van der Waals surface area contributed by atoms with E-state index in [0.29, 0.717) is 16.2 Å². The summed E-state index contributed by atoms with van der Waals surface area (Å²) in [7, 11) is 1.77. The first-order chi connectivity index (χ1) is 8.72. The van der Waals surface area contributed by atoms with Crippen LogP contribution in [0, 0.1) is 5.92 Å². The molecular formula is C12H20N4OS. The lowest BCUT2D eigenvalue weighted by Crippen LogP contribution is -2.38. The molecule has 0 saturated heterocycles. The van der Waals surface area contributed by atoms with Crippen LogP contribution < -0.4 is 10.6 Å². The zero-order chi connectivity index (χ0) is 13.0. The van der Waals surface area contributed by atoms with Crippen molar-refractivity contribution < 1.29 is 4.79 Å². The Bertz CT molecular complexity index is 407. The lowest BCUT2D eigenvalue weighted by atomic mass is 9.84. The molecule has 1 aliphatic carbocycles. The molecule has 1 aliphatic rings. The summed E-state index contributed by atoms with van der Waals surface area (Å²) in [6.07, 6.45) is 5.89. The van der Waals surface area contributed by atoms with E-state index in [4.69, 9.17) is 0 Å². The zero-order valence-electron chi connectivity index (χ0n) is 10.9. The summed E-state index contributed by atoms with van der Waals surface area (Å²) in [6, 6.07) is 0.304. The summed E-state index contributed by atoms with van der Waals surface area (Å²) in [4.78, 5) is 12.0. The first-order valence-corrected chi connectivity index (χ1v) is 7.36. The molecule has 1 fully saturated rings. The van der Waals surface area contributed by atoms with E-state index >= 15 is 0 Å². The third kappa shape index (κ3) is 3.19. The molecule has 2 rings (SSSR count). The highest BCUT2D eigenvalue weighted by Gasteiger charge is 2.23. The Morgan fingerprint density at radius 3 is 2.94 bits per heavy atom. The standard InChI is InChI=1S/C12H20N4OS/c1-3-8-5-4-6-9(7-8)14-10(17)11-15-16-12(13-2)18-11/h8-9H,3-7H2,1-2H3,(H,13,16)(H,14,17). The molecule has 0 aromatic carbocycles. The molecule has 1 aromatic rings. The maximum Gasteiger partial charge on any atom is 0.282 e. The number of aromatic nitrogens is 2. The molecular weight excluding hydrogens is 248 g/mol. The van der Waals surface area contributed by atoms with Gasteiger partial charge in [-0.25, -0.2) is 0 Å². The van der Waals surface area contributed by atoms with E-state index in [9.17, 15) is 4.79 Å². The summed E-state index contributed by atoms with van der Waals surface area (Å²) in [5, 5.41) is 14.8. The second kappa shape index (κ2) is 6.13. The lowest BCUT2D eigenvalue weighted by Gasteiger charge is -2.28. The van der Waals surface area contributed by atoms with E-state index in [-0.39, 0.29) is 5.91 Å². The molecule has 2 atom stereocenters. The van der Waals surface area contributed by atoms with Crippen molar-refractivity contribution in [3.05, 3.63) is 5.01 Å². The van der Waals surface area contributed by atoms with Crippen LogP contribution in [0.4, 0.5) is 5.13 Å². The highest BCUT2D eigenvalue weighted by molar-refractivity contribution is 7.17. The SMILES string of the molecule is CCC1CCCC(NC(=O)c2nnc(NC)s2)C1. The maximum atomic E-state index is 12.0. The average Bonchev–Trinajstić information content (AvgIpc) is 2.88. The number of amides is 1. The van der Waals surface area contributed by atoms with Crippen LogP contribution in [0.5, 0.6) is 0 Å². The fourth-order valence-electron chi connectivity index (χ4n) is 2.46. The van der Waals surface area contributed by atoms with Gasteiger partial charge in [-0.1, -0.05) is 37.5 Å². The van der Waals surface area contributed by atoms with Crippen LogP contribution in [0.2, 0.25) is 0 Å². The molecule has 5 nitrogen and oxygen atoms in total. The summed E-state index contributed by atoms with van der Waals surface area (Å²) in [6.45, 7) is 2.22. The molecule has 18 heavy (non-hydrogen) atoms. The van der Waals surface area contributed by atoms with E-state index in [1.54, 1.807) is 7.05 Å². The van der Waals surface area contributed by atoms with Crippen molar-refractivity contribution in [3.63, 3.8) is 0 Å². The van der Waals surface area contributed by atoms with Crippen LogP contribution in [0.1, 0.15) is 48.8 Å². The minimum Gasteiger partial charge on any atom is -0.363 e. The van der Waals surface area contributed by atoms with Crippen LogP contribution in [-0.4, -0.2) is 29.2 Å². The molecule has 1 saturated carbocycles. The van der Waals surface area contributed by atoms with Crippen molar-refractivity contribution in [2.45, 2.75) is 45.1 Å². The van der Waals surface area contributed by atoms with E-state index in [2.05, 4.69) is 27.8 Å². The number of rotatable bonds is 4. The Hall–Kier alpha value is -1.17. The van der Waals surface area contributed by atoms with Crippen LogP contribution in [0.3, 0.4) is 0 Å². The van der Waals surface area contributed by atoms with Gasteiger partial charge in [0.25, 0.3) is 5.91 Å². The third-order valence-electron chi connectivity index (χ3n) is 3.53. The van der Waals surface area contributed by atoms with Gasteiger partial charge in [0.05, 0.1) is 0 Å². The Morgan fingerprint density at radius 1 is 1.44 bits per heavy atom. The summed E-state index contributed by atoms with van der Waals surface area (Å²) >= 11 is 1.29. The van der Waals surface area contributed by atoms with Gasteiger partial charge in [-0.2, -0.15) is 0 Å². The van der Waals surface area contributed by atoms with Gasteiger partial charge in [-0.15, -0.1) is 10.2 Å². The molecule has 100 valence electrons. The summed E-state index contributed by atoms with van der Waals surface area (Å²) < 4.78 is 0. The number of nitrogens with one attached hydrogen (secondary N) is 2. The van der Waals surface area contributed by atoms with E-state index < -0.39 is 0 Å². The number of hydrogen-bond acceptors (Lipinski definition) is 5. The van der Waals surface area contributed by atoms with Crippen molar-refractivity contribution >= 4 is 22.4 Å². The van der Waals surface area contributed by atoms with Gasteiger partial charge < -0.3 is 10.6 Å². The monoisotopic (exact) mass is 268 g/mol. The van der Waals surface area contributed by atoms with Gasteiger partial charge in [-0.05, 0) is 18.8 Å². The second-order valence-corrected chi connectivity index (χ2v) is 5.75. The predicted molar refractivity (Wildman–Crippen MR) is 73.0 cm³/mol. The number of carbonyl (C=O) groups excluding carboxylic acids is 1. The summed E-state index contributed by atoms with van der Waals surface area (Å²) in [5.41, 5.74) is 0. The first-order valence-electron chi connectivity index (χ1n) is 6.55. The molecule has 6 heteroatoms. The molecule has 2 unspecified atom stereocenters. The van der Waals surface area contributed by atoms with E-state index in [1.807, 2.05) is 0 Å². The Morgan fingerprint density at radius 2 is 2.28 bits per heavy atom. The Labute approximate surface area is 111 Å². The molecule has 1 aromatic heterocycles. The van der Waals surface area contributed by atoms with Crippen molar-refractivity contribution in [1.82, 2.24) is 15.5 Å². The second-order valence-electron chi connectivity index (χ2n) is 4.77. The van der Waals surface area contributed by atoms with Crippen molar-refractivity contribution in [2.24, 2.45) is 5.92 Å². The molecule has 1 heterocycles. The normalized spacial score (nSPS) is 23.7. The van der Waals surface area contributed by atoms with Crippen LogP contribution in [-0.2, 0) is 0 Å². The van der Waals surface area contributed by atoms with Crippen LogP contribution >= 0.6 is 11.3 Å². The average molecular weight is 268 g/mol. The maximum absolute atomic E-state index is 12.0. The van der Waals surface area contributed by atoms with Gasteiger partial charge in [0.15, 0.2) is 0 Å². The van der Waals surface area contributed by atoms with Gasteiger partial charge in [0.1, 0.15) is 0 Å². The summed E-state index contributed by atoms with van der Waals surface area (Å²) in [5.74, 6) is 0.669. The smallest absolute Gasteiger partial charge is 0.282 e. The number of anilines is 1. The van der Waals surface area contributed by atoms with Crippen molar-refractivity contribution in [2.75, 3.05) is 12.4 Å². The minimum absolute atomic E-state index is 0.0873. The number of hydrogen-bond donors (Lipinski definition) is 2. The zero-order valence-corrected chi connectivity index (χ0v) is 11.7. The Kier molecular flexibility index (Phi) is 4.52. The predicted octanol–water partition coefficient (Wildman–Crippen LogP) is 2.28. The topological polar surface area (TPSA) is 66.9 Å². The quantitative estimate of drug-likeness (QED) is 0.879. The third-order valence-corrected chi connectivity index (χ3v) is 4.47. The largest absolute Gasteiger partial charge is 0.363 e. The van der Waals surface area contributed by atoms with Crippen molar-refractivity contribution in [3.8, 4) is 0 Å². The molecule has 0 aliphatic heterocycles. The fourth-order valence-corrected chi connectivity index (χ4v) is 3.06. The highest BCUT2D eigenvalue weighted by atomic mass is 32.1. The fraction of sp³-hybridized carbons (Fsp3) is 0.750. The lowest BCUT2D eigenvalue weighted by molar-refractivity contribution is 0.0918. The highest BCUT2D eigenvalue weighted by Crippen LogP contribution is 2.26. The number of carbonyl (C=O) groups is 1. The number of nitrogens with zero attached hydrogens (tertiary/aromatic N) is 2. The first kappa shape index (κ1) is 13.3. The Balaban J connectivity index is 1.90. The van der Waals surface area contributed by atoms with Gasteiger partial charge >= 0.3 is 0 Å². The molecule has 0 bridgehead atoms. The molecule has 0 spiro atoms. The molecule has 1 amide bonds. The van der Waals surface area contributed by atoms with Crippen LogP contribution in [0.25, 0.3) is 0 Å². The molecule has 0 radical (unpaired) electrons. The van der Waals surface area contributed by atoms with Gasteiger partial charge in [0.2, 0.25) is 10.1 Å². The van der Waals surface area contributed by atoms with Gasteiger partial charge in [-0.3, -0.25) is 4.79 Å². The van der Waals surface area contributed by atoms with Crippen LogP contribution in [0.15, 0.2) is 0 Å². The van der Waals surface area contributed by atoms with Gasteiger partial charge in [0, 0.05) is 13.1 Å². The van der Waals surface area contributed by atoms with Crippen molar-refractivity contribution in [1.29, 1.82) is 0 Å². The molecule has 2 N–H and O–H groups in total.